The van der Waals surface area contributed by atoms with Crippen LogP contribution < -0.4 is 5.73 Å². The van der Waals surface area contributed by atoms with Gasteiger partial charge in [-0.05, 0) is 24.6 Å². The maximum atomic E-state index is 12.5. The van der Waals surface area contributed by atoms with E-state index in [0.717, 1.165) is 10.4 Å². The van der Waals surface area contributed by atoms with Crippen molar-refractivity contribution in [1.82, 2.24) is 4.31 Å². The van der Waals surface area contributed by atoms with Crippen LogP contribution in [0.25, 0.3) is 0 Å². The van der Waals surface area contributed by atoms with Gasteiger partial charge >= 0.3 is 5.97 Å². The van der Waals surface area contributed by atoms with E-state index in [0.29, 0.717) is 0 Å². The highest BCUT2D eigenvalue weighted by atomic mass is 35.5. The zero-order valence-electron chi connectivity index (χ0n) is 11.5. The fraction of sp³-hybridized carbons (Fsp3) is 0.333. The summed E-state index contributed by atoms with van der Waals surface area (Å²) in [6.07, 6.45) is 0. The smallest absolute Gasteiger partial charge is 0.336 e. The second kappa shape index (κ2) is 6.42. The Labute approximate surface area is 127 Å². The average molecular weight is 335 g/mol. The van der Waals surface area contributed by atoms with E-state index >= 15 is 0 Å². The third kappa shape index (κ3) is 3.72. The van der Waals surface area contributed by atoms with Crippen molar-refractivity contribution in [3.63, 3.8) is 0 Å². The first kappa shape index (κ1) is 17.4. The van der Waals surface area contributed by atoms with Crippen molar-refractivity contribution >= 4 is 33.5 Å². The van der Waals surface area contributed by atoms with Crippen LogP contribution in [0.4, 0.5) is 0 Å². The number of likely N-dealkylation sites (N-methyl/N-ethyl adjacent to an activating group) is 1. The molecule has 0 radical (unpaired) electrons. The van der Waals surface area contributed by atoms with Crippen LogP contribution in [0.5, 0.6) is 0 Å². The molecule has 0 saturated heterocycles. The molecule has 1 aromatic rings. The van der Waals surface area contributed by atoms with E-state index in [1.807, 2.05) is 0 Å². The van der Waals surface area contributed by atoms with Crippen molar-refractivity contribution < 1.29 is 23.1 Å². The third-order valence-corrected chi connectivity index (χ3v) is 5.12. The van der Waals surface area contributed by atoms with E-state index < -0.39 is 28.4 Å². The van der Waals surface area contributed by atoms with E-state index in [9.17, 15) is 18.0 Å². The van der Waals surface area contributed by atoms with Gasteiger partial charge in [-0.3, -0.25) is 4.79 Å². The zero-order valence-corrected chi connectivity index (χ0v) is 13.0. The minimum absolute atomic E-state index is 0.0135. The highest BCUT2D eigenvalue weighted by molar-refractivity contribution is 7.89. The molecule has 0 fully saturated rings. The minimum Gasteiger partial charge on any atom is -0.478 e. The van der Waals surface area contributed by atoms with Crippen LogP contribution in [0.1, 0.15) is 22.8 Å². The van der Waals surface area contributed by atoms with Gasteiger partial charge in [0.15, 0.2) is 0 Å². The molecule has 7 nitrogen and oxygen atoms in total. The summed E-state index contributed by atoms with van der Waals surface area (Å²) in [5.41, 5.74) is 4.86. The standard InChI is InChI=1S/C12H15ClN2O5S/c1-3-15(6-11(14)16)21(19,20)10-5-8(13)4-9(7(10)2)12(17)18/h4-5H,3,6H2,1-2H3,(H2,14,16)(H,17,18). The minimum atomic E-state index is -4.07. The van der Waals surface area contributed by atoms with Crippen LogP contribution in [0.2, 0.25) is 5.02 Å². The van der Waals surface area contributed by atoms with Gasteiger partial charge in [-0.1, -0.05) is 18.5 Å². The largest absolute Gasteiger partial charge is 0.478 e. The van der Waals surface area contributed by atoms with Crippen LogP contribution in [-0.2, 0) is 14.8 Å². The summed E-state index contributed by atoms with van der Waals surface area (Å²) in [4.78, 5) is 21.8. The number of carboxylic acid groups (broad SMARTS) is 1. The van der Waals surface area contributed by atoms with Gasteiger partial charge in [0.05, 0.1) is 17.0 Å². The lowest BCUT2D eigenvalue weighted by molar-refractivity contribution is -0.118. The highest BCUT2D eigenvalue weighted by Gasteiger charge is 2.28. The Morgan fingerprint density at radius 3 is 2.38 bits per heavy atom. The molecule has 0 aliphatic carbocycles. The van der Waals surface area contributed by atoms with Crippen LogP contribution in [0, 0.1) is 6.92 Å². The molecule has 1 rings (SSSR count). The number of carbonyl (C=O) groups is 2. The Kier molecular flexibility index (Phi) is 5.32. The van der Waals surface area contributed by atoms with Gasteiger partial charge in [-0.2, -0.15) is 4.31 Å². The predicted octanol–water partition coefficient (Wildman–Crippen LogP) is 0.843. The van der Waals surface area contributed by atoms with Crippen molar-refractivity contribution in [2.75, 3.05) is 13.1 Å². The summed E-state index contributed by atoms with van der Waals surface area (Å²) in [5.74, 6) is -2.09. The fourth-order valence-corrected chi connectivity index (χ4v) is 3.79. The topological polar surface area (TPSA) is 118 Å². The van der Waals surface area contributed by atoms with Crippen LogP contribution in [0.15, 0.2) is 17.0 Å². The SMILES string of the molecule is CCN(CC(N)=O)S(=O)(=O)c1cc(Cl)cc(C(=O)O)c1C. The second-order valence-electron chi connectivity index (χ2n) is 4.28. The summed E-state index contributed by atoms with van der Waals surface area (Å²) >= 11 is 5.79. The number of benzene rings is 1. The summed E-state index contributed by atoms with van der Waals surface area (Å²) in [7, 11) is -4.07. The number of halogens is 1. The van der Waals surface area contributed by atoms with Crippen LogP contribution >= 0.6 is 11.6 Å². The molecule has 0 aromatic heterocycles. The van der Waals surface area contributed by atoms with Crippen molar-refractivity contribution in [1.29, 1.82) is 0 Å². The van der Waals surface area contributed by atoms with Gasteiger partial charge in [0.25, 0.3) is 0 Å². The zero-order chi connectivity index (χ0) is 16.4. The number of carbonyl (C=O) groups excluding carboxylic acids is 1. The molecule has 0 unspecified atom stereocenters. The lowest BCUT2D eigenvalue weighted by Crippen LogP contribution is -2.38. The Morgan fingerprint density at radius 2 is 1.95 bits per heavy atom. The molecule has 1 amide bonds. The lowest BCUT2D eigenvalue weighted by atomic mass is 10.1. The molecular formula is C12H15ClN2O5S. The van der Waals surface area contributed by atoms with Gasteiger partial charge in [0.2, 0.25) is 15.9 Å². The van der Waals surface area contributed by atoms with Gasteiger partial charge < -0.3 is 10.8 Å². The lowest BCUT2D eigenvalue weighted by Gasteiger charge is -2.20. The summed E-state index contributed by atoms with van der Waals surface area (Å²) < 4.78 is 25.9. The highest BCUT2D eigenvalue weighted by Crippen LogP contribution is 2.27. The van der Waals surface area contributed by atoms with Crippen molar-refractivity contribution in [2.24, 2.45) is 5.73 Å². The molecule has 0 spiro atoms. The molecule has 0 bridgehead atoms. The first-order chi connectivity index (χ1) is 9.61. The van der Waals surface area contributed by atoms with Crippen LogP contribution in [0.3, 0.4) is 0 Å². The predicted molar refractivity (Wildman–Crippen MR) is 76.8 cm³/mol. The van der Waals surface area contributed by atoms with E-state index in [1.54, 1.807) is 6.92 Å². The van der Waals surface area contributed by atoms with E-state index in [1.165, 1.54) is 13.0 Å². The molecule has 0 aliphatic rings. The molecule has 21 heavy (non-hydrogen) atoms. The number of amides is 1. The first-order valence-corrected chi connectivity index (χ1v) is 7.75. The number of hydrogen-bond acceptors (Lipinski definition) is 4. The van der Waals surface area contributed by atoms with E-state index in [4.69, 9.17) is 22.4 Å². The molecule has 0 heterocycles. The Bertz CT molecular complexity index is 687. The van der Waals surface area contributed by atoms with Crippen molar-refractivity contribution in [2.45, 2.75) is 18.7 Å². The molecule has 9 heteroatoms. The number of aromatic carboxylic acids is 1. The second-order valence-corrected chi connectivity index (χ2v) is 6.62. The molecule has 1 aromatic carbocycles. The van der Waals surface area contributed by atoms with Gasteiger partial charge in [-0.15, -0.1) is 0 Å². The molecular weight excluding hydrogens is 320 g/mol. The Morgan fingerprint density at radius 1 is 1.38 bits per heavy atom. The average Bonchev–Trinajstić information content (AvgIpc) is 2.37. The van der Waals surface area contributed by atoms with Gasteiger partial charge in [-0.25, -0.2) is 13.2 Å². The maximum absolute atomic E-state index is 12.5. The summed E-state index contributed by atoms with van der Waals surface area (Å²) in [6, 6.07) is 2.32. The van der Waals surface area contributed by atoms with E-state index in [-0.39, 0.29) is 27.6 Å². The maximum Gasteiger partial charge on any atom is 0.336 e. The number of nitrogens with zero attached hydrogens (tertiary/aromatic N) is 1. The molecule has 0 atom stereocenters. The van der Waals surface area contributed by atoms with Crippen LogP contribution in [-0.4, -0.2) is 42.8 Å². The third-order valence-electron chi connectivity index (χ3n) is 2.86. The molecule has 0 aliphatic heterocycles. The summed E-state index contributed by atoms with van der Waals surface area (Å²) in [6.45, 7) is 2.43. The molecule has 116 valence electrons. The quantitative estimate of drug-likeness (QED) is 0.799. The number of primary amides is 1. The Balaban J connectivity index is 3.50. The van der Waals surface area contributed by atoms with Crippen molar-refractivity contribution in [3.8, 4) is 0 Å². The van der Waals surface area contributed by atoms with Crippen molar-refractivity contribution in [3.05, 3.63) is 28.3 Å². The number of carboxylic acids is 1. The number of nitrogens with two attached hydrogens (primary N) is 1. The number of rotatable bonds is 6. The normalized spacial score (nSPS) is 11.6. The molecule has 3 N–H and O–H groups in total. The Hall–Kier alpha value is -1.64. The monoisotopic (exact) mass is 334 g/mol. The number of hydrogen-bond donors (Lipinski definition) is 2. The van der Waals surface area contributed by atoms with Gasteiger partial charge in [0.1, 0.15) is 0 Å². The summed E-state index contributed by atoms with van der Waals surface area (Å²) in [5, 5.41) is 9.06. The van der Waals surface area contributed by atoms with E-state index in [2.05, 4.69) is 0 Å². The molecule has 0 saturated carbocycles. The first-order valence-electron chi connectivity index (χ1n) is 5.93. The fourth-order valence-electron chi connectivity index (χ4n) is 1.82. The van der Waals surface area contributed by atoms with Gasteiger partial charge in [0, 0.05) is 11.6 Å². The number of sulfonamides is 1.